The first-order valence-electron chi connectivity index (χ1n) is 7.75. The summed E-state index contributed by atoms with van der Waals surface area (Å²) in [5, 5.41) is 3.67. The van der Waals surface area contributed by atoms with Crippen LogP contribution in [0.3, 0.4) is 0 Å². The third-order valence-electron chi connectivity index (χ3n) is 3.22. The van der Waals surface area contributed by atoms with E-state index >= 15 is 0 Å². The average molecular weight is 364 g/mol. The number of hydrogen-bond donors (Lipinski definition) is 1. The van der Waals surface area contributed by atoms with Gasteiger partial charge in [-0.3, -0.25) is 4.79 Å². The quantitative estimate of drug-likeness (QED) is 0.496. The molecule has 0 aromatic heterocycles. The molecule has 126 valence electrons. The lowest BCUT2D eigenvalue weighted by atomic mass is 10.2. The van der Waals surface area contributed by atoms with E-state index in [9.17, 15) is 4.79 Å². The van der Waals surface area contributed by atoms with E-state index in [0.29, 0.717) is 22.3 Å². The second kappa shape index (κ2) is 9.36. The van der Waals surface area contributed by atoms with E-state index in [1.54, 1.807) is 24.3 Å². The highest BCUT2D eigenvalue weighted by molar-refractivity contribution is 6.35. The van der Waals surface area contributed by atoms with Gasteiger partial charge in [-0.25, -0.2) is 0 Å². The second-order valence-corrected chi connectivity index (χ2v) is 6.09. The highest BCUT2D eigenvalue weighted by Gasteiger charge is 2.03. The molecule has 0 aliphatic rings. The van der Waals surface area contributed by atoms with Gasteiger partial charge in [0.25, 0.3) is 0 Å². The van der Waals surface area contributed by atoms with Gasteiger partial charge < -0.3 is 10.1 Å². The minimum absolute atomic E-state index is 0.267. The van der Waals surface area contributed by atoms with Crippen molar-refractivity contribution in [3.8, 4) is 5.75 Å². The number of unbranched alkanes of at least 4 members (excludes halogenated alkanes) is 1. The number of carbonyl (C=O) groups is 1. The summed E-state index contributed by atoms with van der Waals surface area (Å²) in [6.45, 7) is 2.77. The van der Waals surface area contributed by atoms with E-state index in [0.717, 1.165) is 24.2 Å². The normalized spacial score (nSPS) is 10.8. The van der Waals surface area contributed by atoms with E-state index in [-0.39, 0.29) is 5.91 Å². The smallest absolute Gasteiger partial charge is 0.248 e. The maximum atomic E-state index is 12.1. The topological polar surface area (TPSA) is 38.3 Å². The fourth-order valence-corrected chi connectivity index (χ4v) is 2.58. The van der Waals surface area contributed by atoms with Gasteiger partial charge in [0.2, 0.25) is 5.91 Å². The third kappa shape index (κ3) is 5.91. The van der Waals surface area contributed by atoms with Gasteiger partial charge >= 0.3 is 0 Å². The Labute approximate surface area is 152 Å². The lowest BCUT2D eigenvalue weighted by molar-refractivity contribution is -0.111. The summed E-state index contributed by atoms with van der Waals surface area (Å²) in [4.78, 5) is 12.1. The van der Waals surface area contributed by atoms with Crippen molar-refractivity contribution in [2.75, 3.05) is 11.9 Å². The van der Waals surface area contributed by atoms with Crippen LogP contribution >= 0.6 is 23.2 Å². The van der Waals surface area contributed by atoms with Gasteiger partial charge in [-0.2, -0.15) is 0 Å². The van der Waals surface area contributed by atoms with E-state index in [2.05, 4.69) is 12.2 Å². The summed E-state index contributed by atoms with van der Waals surface area (Å²) in [6, 6.07) is 12.5. The predicted molar refractivity (Wildman–Crippen MR) is 101 cm³/mol. The van der Waals surface area contributed by atoms with Gasteiger partial charge in [0.15, 0.2) is 0 Å². The SMILES string of the molecule is CCCCOc1ccccc1C=CC(=O)Nc1cc(Cl)cc(Cl)c1. The van der Waals surface area contributed by atoms with Crippen molar-refractivity contribution in [2.45, 2.75) is 19.8 Å². The molecule has 1 amide bonds. The van der Waals surface area contributed by atoms with Gasteiger partial charge in [-0.15, -0.1) is 0 Å². The fraction of sp³-hybridized carbons (Fsp3) is 0.211. The Morgan fingerprint density at radius 1 is 1.17 bits per heavy atom. The molecular weight excluding hydrogens is 345 g/mol. The molecular formula is C19H19Cl2NO2. The van der Waals surface area contributed by atoms with Crippen LogP contribution in [0.15, 0.2) is 48.5 Å². The van der Waals surface area contributed by atoms with Gasteiger partial charge in [-0.1, -0.05) is 54.7 Å². The van der Waals surface area contributed by atoms with Crippen LogP contribution < -0.4 is 10.1 Å². The first-order chi connectivity index (χ1) is 11.6. The maximum Gasteiger partial charge on any atom is 0.248 e. The molecule has 1 N–H and O–H groups in total. The van der Waals surface area contributed by atoms with Crippen LogP contribution in [-0.2, 0) is 4.79 Å². The Hall–Kier alpha value is -1.97. The summed E-state index contributed by atoms with van der Waals surface area (Å²) in [5.41, 5.74) is 1.41. The van der Waals surface area contributed by atoms with Crippen LogP contribution in [-0.4, -0.2) is 12.5 Å². The Balaban J connectivity index is 2.03. The van der Waals surface area contributed by atoms with Crippen molar-refractivity contribution in [2.24, 2.45) is 0 Å². The molecule has 0 heterocycles. The summed E-state index contributed by atoms with van der Waals surface area (Å²) in [6.07, 6.45) is 5.25. The van der Waals surface area contributed by atoms with Crippen LogP contribution in [0.25, 0.3) is 6.08 Å². The van der Waals surface area contributed by atoms with Gasteiger partial charge in [-0.05, 0) is 36.8 Å². The zero-order chi connectivity index (χ0) is 17.4. The molecule has 0 spiro atoms. The molecule has 3 nitrogen and oxygen atoms in total. The number of benzene rings is 2. The molecule has 0 atom stereocenters. The molecule has 2 aromatic rings. The van der Waals surface area contributed by atoms with Crippen LogP contribution in [0.4, 0.5) is 5.69 Å². The van der Waals surface area contributed by atoms with Crippen molar-refractivity contribution >= 4 is 40.9 Å². The number of carbonyl (C=O) groups excluding carboxylic acids is 1. The molecule has 0 fully saturated rings. The molecule has 0 aliphatic carbocycles. The van der Waals surface area contributed by atoms with E-state index in [4.69, 9.17) is 27.9 Å². The highest BCUT2D eigenvalue weighted by Crippen LogP contribution is 2.23. The van der Waals surface area contributed by atoms with E-state index < -0.39 is 0 Å². The molecule has 0 aliphatic heterocycles. The summed E-state index contributed by atoms with van der Waals surface area (Å²) in [5.74, 6) is 0.498. The molecule has 0 radical (unpaired) electrons. The van der Waals surface area contributed by atoms with Crippen molar-refractivity contribution in [3.05, 3.63) is 64.1 Å². The lowest BCUT2D eigenvalue weighted by Crippen LogP contribution is -2.07. The number of halogens is 2. The monoisotopic (exact) mass is 363 g/mol. The van der Waals surface area contributed by atoms with Crippen LogP contribution in [0.1, 0.15) is 25.3 Å². The molecule has 2 aromatic carbocycles. The van der Waals surface area contributed by atoms with Gasteiger partial charge in [0, 0.05) is 27.4 Å². The standard InChI is InChI=1S/C19H19Cl2NO2/c1-2-3-10-24-18-7-5-4-6-14(18)8-9-19(23)22-17-12-15(20)11-16(21)13-17/h4-9,11-13H,2-3,10H2,1H3,(H,22,23). The van der Waals surface area contributed by atoms with E-state index in [1.807, 2.05) is 24.3 Å². The summed E-state index contributed by atoms with van der Waals surface area (Å²) in [7, 11) is 0. The molecule has 0 saturated carbocycles. The third-order valence-corrected chi connectivity index (χ3v) is 3.66. The Kier molecular flexibility index (Phi) is 7.16. The Morgan fingerprint density at radius 2 is 1.88 bits per heavy atom. The Morgan fingerprint density at radius 3 is 2.58 bits per heavy atom. The van der Waals surface area contributed by atoms with Crippen LogP contribution in [0, 0.1) is 0 Å². The largest absolute Gasteiger partial charge is 0.493 e. The number of para-hydroxylation sites is 1. The molecule has 5 heteroatoms. The number of anilines is 1. The minimum Gasteiger partial charge on any atom is -0.493 e. The molecule has 0 saturated heterocycles. The first kappa shape index (κ1) is 18.4. The van der Waals surface area contributed by atoms with Crippen molar-refractivity contribution in [1.82, 2.24) is 0 Å². The number of ether oxygens (including phenoxy) is 1. The van der Waals surface area contributed by atoms with Crippen molar-refractivity contribution in [1.29, 1.82) is 0 Å². The average Bonchev–Trinajstić information content (AvgIpc) is 2.53. The van der Waals surface area contributed by atoms with Crippen LogP contribution in [0.2, 0.25) is 10.0 Å². The predicted octanol–water partition coefficient (Wildman–Crippen LogP) is 5.82. The number of rotatable bonds is 7. The maximum absolute atomic E-state index is 12.1. The van der Waals surface area contributed by atoms with Gasteiger partial charge in [0.1, 0.15) is 5.75 Å². The van der Waals surface area contributed by atoms with Gasteiger partial charge in [0.05, 0.1) is 6.61 Å². The first-order valence-corrected chi connectivity index (χ1v) is 8.51. The Bertz CT molecular complexity index is 709. The van der Waals surface area contributed by atoms with Crippen LogP contribution in [0.5, 0.6) is 5.75 Å². The summed E-state index contributed by atoms with van der Waals surface area (Å²) < 4.78 is 5.74. The zero-order valence-corrected chi connectivity index (χ0v) is 14.9. The zero-order valence-electron chi connectivity index (χ0n) is 13.4. The fourth-order valence-electron chi connectivity index (χ4n) is 2.05. The molecule has 2 rings (SSSR count). The van der Waals surface area contributed by atoms with Crippen molar-refractivity contribution < 1.29 is 9.53 Å². The number of nitrogens with one attached hydrogen (secondary N) is 1. The molecule has 0 unspecified atom stereocenters. The second-order valence-electron chi connectivity index (χ2n) is 5.22. The van der Waals surface area contributed by atoms with Crippen molar-refractivity contribution in [3.63, 3.8) is 0 Å². The minimum atomic E-state index is -0.267. The molecule has 0 bridgehead atoms. The number of amides is 1. The van der Waals surface area contributed by atoms with E-state index in [1.165, 1.54) is 6.08 Å². The highest BCUT2D eigenvalue weighted by atomic mass is 35.5. The lowest BCUT2D eigenvalue weighted by Gasteiger charge is -2.08. The summed E-state index contributed by atoms with van der Waals surface area (Å²) >= 11 is 11.8. The number of hydrogen-bond acceptors (Lipinski definition) is 2. The molecule has 24 heavy (non-hydrogen) atoms.